The van der Waals surface area contributed by atoms with Crippen LogP contribution in [0.3, 0.4) is 0 Å². The van der Waals surface area contributed by atoms with Crippen LogP contribution in [0, 0.1) is 0 Å². The summed E-state index contributed by atoms with van der Waals surface area (Å²) in [6, 6.07) is 2.44. The fourth-order valence-electron chi connectivity index (χ4n) is 1.06. The van der Waals surface area contributed by atoms with Gasteiger partial charge in [-0.05, 0) is 12.1 Å². The quantitative estimate of drug-likeness (QED) is 0.555. The Kier molecular flexibility index (Phi) is 2.93. The summed E-state index contributed by atoms with van der Waals surface area (Å²) in [6.07, 6.45) is 0.247. The lowest BCUT2D eigenvalue weighted by Gasteiger charge is -2.13. The summed E-state index contributed by atoms with van der Waals surface area (Å²) in [5.74, 6) is -0.332. The third-order valence-corrected chi connectivity index (χ3v) is 1.65. The summed E-state index contributed by atoms with van der Waals surface area (Å²) in [4.78, 5) is 14.5. The molecule has 1 rings (SSSR count). The molecule has 1 aromatic rings. The summed E-state index contributed by atoms with van der Waals surface area (Å²) < 4.78 is 36.1. The van der Waals surface area contributed by atoms with Crippen molar-refractivity contribution in [3.05, 3.63) is 29.6 Å². The number of carbonyl (C=O) groups is 1. The Hall–Kier alpha value is -1.33. The number of nitrogens with zero attached hydrogens (tertiary/aromatic N) is 1. The van der Waals surface area contributed by atoms with Crippen LogP contribution in [0.25, 0.3) is 0 Å². The molecule has 0 radical (unpaired) electrons. The molecule has 1 heterocycles. The van der Waals surface area contributed by atoms with Gasteiger partial charge in [-0.3, -0.25) is 9.78 Å². The normalized spacial score (nSPS) is 11.4. The smallest absolute Gasteiger partial charge is 0.449 e. The van der Waals surface area contributed by atoms with Crippen molar-refractivity contribution in [1.29, 1.82) is 0 Å². The Morgan fingerprint density at radius 2 is 2.14 bits per heavy atom. The van der Waals surface area contributed by atoms with E-state index in [0.29, 0.717) is 0 Å². The molecule has 0 N–H and O–H groups in total. The van der Waals surface area contributed by atoms with Crippen LogP contribution in [-0.2, 0) is 6.32 Å². The van der Waals surface area contributed by atoms with Crippen molar-refractivity contribution >= 4 is 12.8 Å². The maximum Gasteiger partial charge on any atom is 0.482 e. The molecule has 0 atom stereocenters. The third kappa shape index (κ3) is 3.20. The number of carbonyl (C=O) groups excluding carboxylic acids is 1. The van der Waals surface area contributed by atoms with Crippen LogP contribution in [0.1, 0.15) is 23.0 Å². The van der Waals surface area contributed by atoms with E-state index in [0.717, 1.165) is 0 Å². The van der Waals surface area contributed by atoms with Crippen LogP contribution >= 0.6 is 0 Å². The largest absolute Gasteiger partial charge is 0.482 e. The minimum Gasteiger partial charge on any atom is -0.449 e. The average Bonchev–Trinajstić information content (AvgIpc) is 2.01. The van der Waals surface area contributed by atoms with Crippen LogP contribution in [0.2, 0.25) is 0 Å². The van der Waals surface area contributed by atoms with Crippen molar-refractivity contribution in [2.45, 2.75) is 13.2 Å². The van der Waals surface area contributed by atoms with Gasteiger partial charge in [0, 0.05) is 13.1 Å². The Morgan fingerprint density at radius 3 is 2.64 bits per heavy atom. The number of hydrogen-bond donors (Lipinski definition) is 0. The second kappa shape index (κ2) is 3.81. The average molecular weight is 202 g/mol. The van der Waals surface area contributed by atoms with E-state index in [9.17, 15) is 17.7 Å². The van der Waals surface area contributed by atoms with Crippen LogP contribution < -0.4 is 0 Å². The highest BCUT2D eigenvalue weighted by atomic mass is 19.4. The van der Waals surface area contributed by atoms with Crippen molar-refractivity contribution in [2.24, 2.45) is 0 Å². The molecule has 0 spiro atoms. The van der Waals surface area contributed by atoms with Crippen LogP contribution in [0.4, 0.5) is 12.9 Å². The minimum atomic E-state index is -4.86. The van der Waals surface area contributed by atoms with Gasteiger partial charge in [0.1, 0.15) is 5.69 Å². The monoisotopic (exact) mass is 202 g/mol. The molecular weight excluding hydrogens is 194 g/mol. The van der Waals surface area contributed by atoms with Gasteiger partial charge < -0.3 is 12.9 Å². The molecule has 2 nitrogen and oxygen atoms in total. The molecule has 1 aromatic heterocycles. The number of rotatable bonds is 3. The maximum absolute atomic E-state index is 12.0. The van der Waals surface area contributed by atoms with Crippen molar-refractivity contribution in [3.8, 4) is 0 Å². The molecule has 14 heavy (non-hydrogen) atoms. The Morgan fingerprint density at radius 1 is 1.50 bits per heavy atom. The van der Waals surface area contributed by atoms with Crippen molar-refractivity contribution in [3.63, 3.8) is 0 Å². The fourth-order valence-corrected chi connectivity index (χ4v) is 1.06. The van der Waals surface area contributed by atoms with Crippen molar-refractivity contribution in [2.75, 3.05) is 0 Å². The Labute approximate surface area is 79.2 Å². The number of aromatic nitrogens is 1. The summed E-state index contributed by atoms with van der Waals surface area (Å²) in [5.41, 5.74) is 0.153. The van der Waals surface area contributed by atoms with Crippen molar-refractivity contribution < 1.29 is 17.7 Å². The predicted octanol–water partition coefficient (Wildman–Crippen LogP) is 2.21. The zero-order valence-corrected chi connectivity index (χ0v) is 7.51. The van der Waals surface area contributed by atoms with Gasteiger partial charge in [-0.25, -0.2) is 0 Å². The van der Waals surface area contributed by atoms with Gasteiger partial charge >= 0.3 is 6.98 Å². The zero-order valence-electron chi connectivity index (χ0n) is 7.51. The standard InChI is InChI=1S/C8H8BF3NO/c1-6(14)8-4-7(2-3-13-8)5-9(10,11)12/h2-4H,5H2,1H3/q-1. The highest BCUT2D eigenvalue weighted by Crippen LogP contribution is 2.16. The summed E-state index contributed by atoms with van der Waals surface area (Å²) in [5, 5.41) is 0. The highest BCUT2D eigenvalue weighted by molar-refractivity contribution is 6.57. The molecular formula is C8H8BF3NO-. The lowest BCUT2D eigenvalue weighted by molar-refractivity contribution is 0.101. The van der Waals surface area contributed by atoms with Crippen molar-refractivity contribution in [1.82, 2.24) is 4.98 Å². The molecule has 0 saturated carbocycles. The lowest BCUT2D eigenvalue weighted by Crippen LogP contribution is -2.19. The third-order valence-electron chi connectivity index (χ3n) is 1.65. The van der Waals surface area contributed by atoms with Gasteiger partial charge in [-0.15, -0.1) is 0 Å². The van der Waals surface area contributed by atoms with Crippen LogP contribution in [0.5, 0.6) is 0 Å². The number of halogens is 3. The Bertz CT molecular complexity index is 351. The maximum atomic E-state index is 12.0. The first-order valence-electron chi connectivity index (χ1n) is 4.05. The minimum absolute atomic E-state index is 0.0718. The number of ketones is 1. The van der Waals surface area contributed by atoms with Gasteiger partial charge in [-0.1, -0.05) is 11.9 Å². The number of hydrogen-bond acceptors (Lipinski definition) is 2. The molecule has 0 aliphatic carbocycles. The first-order valence-corrected chi connectivity index (χ1v) is 4.05. The zero-order chi connectivity index (χ0) is 10.8. The number of pyridine rings is 1. The SMILES string of the molecule is CC(=O)c1cc(C[B-](F)(F)F)ccn1. The summed E-state index contributed by atoms with van der Waals surface area (Å²) in [6.45, 7) is -3.59. The fraction of sp³-hybridized carbons (Fsp3) is 0.250. The predicted molar refractivity (Wildman–Crippen MR) is 47.0 cm³/mol. The molecule has 0 amide bonds. The van der Waals surface area contributed by atoms with Gasteiger partial charge in [0.15, 0.2) is 5.78 Å². The first-order chi connectivity index (χ1) is 6.38. The molecule has 0 bridgehead atoms. The molecule has 0 saturated heterocycles. The van der Waals surface area contributed by atoms with Gasteiger partial charge in [0.25, 0.3) is 0 Å². The van der Waals surface area contributed by atoms with E-state index in [2.05, 4.69) is 4.98 Å². The molecule has 0 aromatic carbocycles. The highest BCUT2D eigenvalue weighted by Gasteiger charge is 2.23. The number of Topliss-reactive ketones (excluding diaryl/α,β-unsaturated/α-hetero) is 1. The second-order valence-electron chi connectivity index (χ2n) is 3.02. The summed E-state index contributed by atoms with van der Waals surface area (Å²) >= 11 is 0. The molecule has 0 fully saturated rings. The van der Waals surface area contributed by atoms with E-state index < -0.39 is 13.3 Å². The van der Waals surface area contributed by atoms with E-state index in [1.165, 1.54) is 25.3 Å². The topological polar surface area (TPSA) is 30.0 Å². The van der Waals surface area contributed by atoms with Gasteiger partial charge in [-0.2, -0.15) is 0 Å². The van der Waals surface area contributed by atoms with Crippen LogP contribution in [-0.4, -0.2) is 17.7 Å². The van der Waals surface area contributed by atoms with E-state index in [1.807, 2.05) is 0 Å². The molecule has 0 aliphatic rings. The lowest BCUT2D eigenvalue weighted by atomic mass is 9.82. The summed E-state index contributed by atoms with van der Waals surface area (Å²) in [7, 11) is 0. The molecule has 76 valence electrons. The van der Waals surface area contributed by atoms with Crippen LogP contribution in [0.15, 0.2) is 18.3 Å². The Balaban J connectivity index is 2.89. The van der Waals surface area contributed by atoms with E-state index >= 15 is 0 Å². The van der Waals surface area contributed by atoms with E-state index in [4.69, 9.17) is 0 Å². The second-order valence-corrected chi connectivity index (χ2v) is 3.02. The first kappa shape index (κ1) is 10.8. The molecule has 6 heteroatoms. The van der Waals surface area contributed by atoms with Gasteiger partial charge in [0.05, 0.1) is 0 Å². The van der Waals surface area contributed by atoms with E-state index in [-0.39, 0.29) is 17.0 Å². The molecule has 0 unspecified atom stereocenters. The van der Waals surface area contributed by atoms with Gasteiger partial charge in [0.2, 0.25) is 0 Å². The molecule has 0 aliphatic heterocycles. The van der Waals surface area contributed by atoms with E-state index in [1.54, 1.807) is 0 Å².